The van der Waals surface area contributed by atoms with Gasteiger partial charge in [-0.1, -0.05) is 12.1 Å². The Labute approximate surface area is 103 Å². The van der Waals surface area contributed by atoms with Crippen molar-refractivity contribution in [1.82, 2.24) is 5.43 Å². The van der Waals surface area contributed by atoms with Gasteiger partial charge in [0.15, 0.2) is 11.1 Å². The third kappa shape index (κ3) is 4.28. The lowest BCUT2D eigenvalue weighted by molar-refractivity contribution is -0.548. The standard InChI is InChI=1S/C11H14N2O5/c1-2-18-11(15)10(12-13(16)17)7-8-3-5-9(14)6-4-8/h3-6,10,12,14H,2,7H2,1H3/t10-/m0/s1. The van der Waals surface area contributed by atoms with Crippen LogP contribution in [0.15, 0.2) is 24.3 Å². The molecule has 0 fully saturated rings. The SMILES string of the molecule is CCOC(=O)[C@H](Cc1ccc(O)cc1)N[N+](=O)[O-]. The molecule has 1 aromatic carbocycles. The summed E-state index contributed by atoms with van der Waals surface area (Å²) in [6.07, 6.45) is 0.111. The number of carbonyl (C=O) groups excluding carboxylic acids is 1. The van der Waals surface area contributed by atoms with Crippen LogP contribution in [0.1, 0.15) is 12.5 Å². The summed E-state index contributed by atoms with van der Waals surface area (Å²) in [5.74, 6) is -0.587. The van der Waals surface area contributed by atoms with Crippen molar-refractivity contribution in [3.8, 4) is 5.75 Å². The molecule has 0 saturated carbocycles. The van der Waals surface area contributed by atoms with Gasteiger partial charge in [-0.3, -0.25) is 0 Å². The summed E-state index contributed by atoms with van der Waals surface area (Å²) in [5.41, 5.74) is 2.59. The molecule has 0 aromatic heterocycles. The number of nitro groups is 1. The lowest BCUT2D eigenvalue weighted by Crippen LogP contribution is -2.43. The van der Waals surface area contributed by atoms with E-state index in [2.05, 4.69) is 0 Å². The zero-order valence-corrected chi connectivity index (χ0v) is 9.83. The maximum absolute atomic E-state index is 11.5. The topological polar surface area (TPSA) is 102 Å². The molecule has 0 aliphatic carbocycles. The first-order valence-electron chi connectivity index (χ1n) is 5.38. The molecule has 1 aromatic rings. The lowest BCUT2D eigenvalue weighted by atomic mass is 10.1. The van der Waals surface area contributed by atoms with E-state index in [0.717, 1.165) is 0 Å². The summed E-state index contributed by atoms with van der Waals surface area (Å²) in [7, 11) is 0. The normalized spacial score (nSPS) is 11.6. The van der Waals surface area contributed by atoms with E-state index in [1.165, 1.54) is 12.1 Å². The number of rotatable bonds is 6. The third-order valence-corrected chi connectivity index (χ3v) is 2.21. The number of nitrogens with one attached hydrogen (secondary N) is 1. The molecule has 0 bridgehead atoms. The molecule has 0 amide bonds. The second-order valence-electron chi connectivity index (χ2n) is 3.56. The molecule has 1 atom stereocenters. The predicted octanol–water partition coefficient (Wildman–Crippen LogP) is 0.648. The molecule has 0 saturated heterocycles. The van der Waals surface area contributed by atoms with Gasteiger partial charge in [0.1, 0.15) is 5.75 Å². The number of ether oxygens (including phenoxy) is 1. The Morgan fingerprint density at radius 2 is 2.11 bits per heavy atom. The molecule has 7 heteroatoms. The van der Waals surface area contributed by atoms with E-state index in [9.17, 15) is 14.9 Å². The maximum atomic E-state index is 11.5. The van der Waals surface area contributed by atoms with E-state index < -0.39 is 17.0 Å². The van der Waals surface area contributed by atoms with E-state index in [4.69, 9.17) is 9.84 Å². The number of nitrogens with zero attached hydrogens (tertiary/aromatic N) is 1. The molecule has 0 heterocycles. The quantitative estimate of drug-likeness (QED) is 0.439. The van der Waals surface area contributed by atoms with Crippen molar-refractivity contribution in [3.05, 3.63) is 39.9 Å². The van der Waals surface area contributed by atoms with E-state index in [1.807, 2.05) is 5.43 Å². The van der Waals surface area contributed by atoms with Crippen LogP contribution in [0, 0.1) is 10.1 Å². The summed E-state index contributed by atoms with van der Waals surface area (Å²) >= 11 is 0. The Morgan fingerprint density at radius 1 is 1.50 bits per heavy atom. The van der Waals surface area contributed by atoms with Crippen molar-refractivity contribution in [2.24, 2.45) is 0 Å². The van der Waals surface area contributed by atoms with Gasteiger partial charge in [-0.15, -0.1) is 5.43 Å². The molecular weight excluding hydrogens is 240 g/mol. The number of carbonyl (C=O) groups is 1. The second kappa shape index (κ2) is 6.43. The maximum Gasteiger partial charge on any atom is 0.334 e. The van der Waals surface area contributed by atoms with Crippen molar-refractivity contribution >= 4 is 5.97 Å². The van der Waals surface area contributed by atoms with Crippen LogP contribution in [0.2, 0.25) is 0 Å². The minimum Gasteiger partial charge on any atom is -0.508 e. The average Bonchev–Trinajstić information content (AvgIpc) is 2.31. The molecule has 0 radical (unpaired) electrons. The van der Waals surface area contributed by atoms with Gasteiger partial charge in [-0.05, 0) is 24.6 Å². The molecule has 0 aliphatic heterocycles. The second-order valence-corrected chi connectivity index (χ2v) is 3.56. The van der Waals surface area contributed by atoms with Gasteiger partial charge >= 0.3 is 5.97 Å². The van der Waals surface area contributed by atoms with Gasteiger partial charge < -0.3 is 9.84 Å². The molecule has 0 aliphatic rings. The van der Waals surface area contributed by atoms with Gasteiger partial charge in [0.25, 0.3) is 0 Å². The Balaban J connectivity index is 2.74. The third-order valence-electron chi connectivity index (χ3n) is 2.21. The largest absolute Gasteiger partial charge is 0.508 e. The Bertz CT molecular complexity index is 418. The van der Waals surface area contributed by atoms with Gasteiger partial charge in [0.2, 0.25) is 0 Å². The van der Waals surface area contributed by atoms with Gasteiger partial charge in [-0.25, -0.2) is 14.9 Å². The van der Waals surface area contributed by atoms with Crippen molar-refractivity contribution in [2.45, 2.75) is 19.4 Å². The van der Waals surface area contributed by atoms with Crippen molar-refractivity contribution in [2.75, 3.05) is 6.61 Å². The average molecular weight is 254 g/mol. The summed E-state index contributed by atoms with van der Waals surface area (Å²) in [6.45, 7) is 1.78. The molecule has 2 N–H and O–H groups in total. The number of esters is 1. The first kappa shape index (κ1) is 13.8. The highest BCUT2D eigenvalue weighted by Gasteiger charge is 2.24. The fourth-order valence-corrected chi connectivity index (χ4v) is 1.42. The van der Waals surface area contributed by atoms with Crippen LogP contribution in [0.25, 0.3) is 0 Å². The van der Waals surface area contributed by atoms with E-state index >= 15 is 0 Å². The van der Waals surface area contributed by atoms with Crippen molar-refractivity contribution < 1.29 is 19.7 Å². The molecule has 98 valence electrons. The first-order chi connectivity index (χ1) is 8.52. The number of hydrazine groups is 1. The predicted molar refractivity (Wildman–Crippen MR) is 62.4 cm³/mol. The van der Waals surface area contributed by atoms with E-state index in [1.54, 1.807) is 19.1 Å². The number of benzene rings is 1. The number of phenolic OH excluding ortho intramolecular Hbond substituents is 1. The van der Waals surface area contributed by atoms with Crippen molar-refractivity contribution in [3.63, 3.8) is 0 Å². The highest BCUT2D eigenvalue weighted by Crippen LogP contribution is 2.11. The lowest BCUT2D eigenvalue weighted by Gasteiger charge is -2.12. The number of phenols is 1. The summed E-state index contributed by atoms with van der Waals surface area (Å²) in [6, 6.07) is 5.02. The van der Waals surface area contributed by atoms with Crippen molar-refractivity contribution in [1.29, 1.82) is 0 Å². The van der Waals surface area contributed by atoms with Gasteiger partial charge in [0, 0.05) is 6.42 Å². The minimum atomic E-state index is -1.05. The van der Waals surface area contributed by atoms with Crippen LogP contribution in [0.3, 0.4) is 0 Å². The summed E-state index contributed by atoms with van der Waals surface area (Å²) in [4.78, 5) is 21.9. The van der Waals surface area contributed by atoms with Crippen LogP contribution in [-0.4, -0.2) is 28.8 Å². The highest BCUT2D eigenvalue weighted by molar-refractivity contribution is 5.76. The molecule has 7 nitrogen and oxygen atoms in total. The monoisotopic (exact) mass is 254 g/mol. The molecule has 0 unspecified atom stereocenters. The highest BCUT2D eigenvalue weighted by atomic mass is 16.7. The van der Waals surface area contributed by atoms with Gasteiger partial charge in [0.05, 0.1) is 6.61 Å². The Kier molecular flexibility index (Phi) is 4.91. The number of hydrogen-bond acceptors (Lipinski definition) is 5. The number of hydrogen-bond donors (Lipinski definition) is 2. The fourth-order valence-electron chi connectivity index (χ4n) is 1.42. The van der Waals surface area contributed by atoms with Crippen LogP contribution < -0.4 is 5.43 Å². The van der Waals surface area contributed by atoms with Crippen LogP contribution in [0.4, 0.5) is 0 Å². The number of aromatic hydroxyl groups is 1. The van der Waals surface area contributed by atoms with Gasteiger partial charge in [-0.2, -0.15) is 0 Å². The zero-order valence-electron chi connectivity index (χ0n) is 9.83. The Hall–Kier alpha value is -2.31. The molecule has 1 rings (SSSR count). The van der Waals surface area contributed by atoms with E-state index in [0.29, 0.717) is 5.56 Å². The summed E-state index contributed by atoms with van der Waals surface area (Å²) in [5, 5.41) is 18.7. The van der Waals surface area contributed by atoms with Crippen LogP contribution in [0.5, 0.6) is 5.75 Å². The summed E-state index contributed by atoms with van der Waals surface area (Å²) < 4.78 is 4.75. The molecular formula is C11H14N2O5. The minimum absolute atomic E-state index is 0.0914. The Morgan fingerprint density at radius 3 is 2.61 bits per heavy atom. The van der Waals surface area contributed by atoms with E-state index in [-0.39, 0.29) is 18.8 Å². The molecule has 18 heavy (non-hydrogen) atoms. The smallest absolute Gasteiger partial charge is 0.334 e. The first-order valence-corrected chi connectivity index (χ1v) is 5.38. The van der Waals surface area contributed by atoms with Crippen LogP contribution in [-0.2, 0) is 16.0 Å². The zero-order chi connectivity index (χ0) is 13.5. The molecule has 0 spiro atoms. The fraction of sp³-hybridized carbons (Fsp3) is 0.364. The van der Waals surface area contributed by atoms with Crippen LogP contribution >= 0.6 is 0 Å².